The first kappa shape index (κ1) is 11.6. The lowest BCUT2D eigenvalue weighted by Gasteiger charge is -2.18. The molecular weight excluding hydrogens is 226 g/mol. The average Bonchev–Trinajstić information content (AvgIpc) is 2.73. The van der Waals surface area contributed by atoms with Crippen LogP contribution in [0.3, 0.4) is 0 Å². The highest BCUT2D eigenvalue weighted by molar-refractivity contribution is 7.91. The molecule has 1 fully saturated rings. The van der Waals surface area contributed by atoms with Crippen LogP contribution in [0.5, 0.6) is 0 Å². The summed E-state index contributed by atoms with van der Waals surface area (Å²) in [5.41, 5.74) is 6.08. The van der Waals surface area contributed by atoms with E-state index in [9.17, 15) is 8.42 Å². The first-order valence-corrected chi connectivity index (χ1v) is 7.22. The van der Waals surface area contributed by atoms with Gasteiger partial charge in [0.25, 0.3) is 0 Å². The first-order valence-electron chi connectivity index (χ1n) is 5.40. The molecule has 1 aliphatic heterocycles. The number of imidazole rings is 1. The van der Waals surface area contributed by atoms with E-state index in [0.29, 0.717) is 13.0 Å². The number of aromatic amines is 1. The standard InChI is InChI=1S/C10H17N3O2S/c1-10(3-5-16(14,15)7-10)9-12-6-8(13-9)2-4-11/h6H,2-5,7,11H2,1H3,(H,12,13). The third-order valence-corrected chi connectivity index (χ3v) is 5.02. The van der Waals surface area contributed by atoms with Crippen molar-refractivity contribution in [3.8, 4) is 0 Å². The van der Waals surface area contributed by atoms with Gasteiger partial charge in [0.05, 0.1) is 11.5 Å². The van der Waals surface area contributed by atoms with Gasteiger partial charge < -0.3 is 10.7 Å². The van der Waals surface area contributed by atoms with Gasteiger partial charge in [0, 0.05) is 23.7 Å². The summed E-state index contributed by atoms with van der Waals surface area (Å²) in [4.78, 5) is 7.46. The van der Waals surface area contributed by atoms with E-state index in [1.165, 1.54) is 0 Å². The molecule has 3 N–H and O–H groups in total. The molecule has 16 heavy (non-hydrogen) atoms. The minimum Gasteiger partial charge on any atom is -0.345 e. The van der Waals surface area contributed by atoms with Gasteiger partial charge in [-0.1, -0.05) is 6.92 Å². The SMILES string of the molecule is CC1(c2ncc(CCN)[nH]2)CCS(=O)(=O)C1. The molecule has 1 atom stereocenters. The van der Waals surface area contributed by atoms with Gasteiger partial charge >= 0.3 is 0 Å². The van der Waals surface area contributed by atoms with Crippen molar-refractivity contribution in [1.82, 2.24) is 9.97 Å². The molecule has 0 bridgehead atoms. The van der Waals surface area contributed by atoms with Gasteiger partial charge in [0.2, 0.25) is 0 Å². The number of sulfone groups is 1. The topological polar surface area (TPSA) is 88.8 Å². The minimum absolute atomic E-state index is 0.190. The van der Waals surface area contributed by atoms with E-state index >= 15 is 0 Å². The van der Waals surface area contributed by atoms with Crippen molar-refractivity contribution in [2.24, 2.45) is 5.73 Å². The lowest BCUT2D eigenvalue weighted by atomic mass is 9.89. The van der Waals surface area contributed by atoms with Gasteiger partial charge in [-0.05, 0) is 13.0 Å². The fourth-order valence-corrected chi connectivity index (χ4v) is 4.30. The Bertz CT molecular complexity index is 480. The summed E-state index contributed by atoms with van der Waals surface area (Å²) in [6.45, 7) is 2.51. The maximum Gasteiger partial charge on any atom is 0.151 e. The van der Waals surface area contributed by atoms with E-state index in [2.05, 4.69) is 9.97 Å². The third-order valence-electron chi connectivity index (χ3n) is 3.12. The number of nitrogens with one attached hydrogen (secondary N) is 1. The van der Waals surface area contributed by atoms with E-state index in [0.717, 1.165) is 17.9 Å². The molecule has 0 aliphatic carbocycles. The summed E-state index contributed by atoms with van der Waals surface area (Å²) >= 11 is 0. The highest BCUT2D eigenvalue weighted by Gasteiger charge is 2.41. The van der Waals surface area contributed by atoms with E-state index in [-0.39, 0.29) is 16.9 Å². The van der Waals surface area contributed by atoms with Crippen LogP contribution < -0.4 is 5.73 Å². The van der Waals surface area contributed by atoms with Crippen molar-refractivity contribution in [3.63, 3.8) is 0 Å². The monoisotopic (exact) mass is 243 g/mol. The molecular formula is C10H17N3O2S. The van der Waals surface area contributed by atoms with Gasteiger partial charge in [0.1, 0.15) is 5.82 Å². The Morgan fingerprint density at radius 3 is 2.94 bits per heavy atom. The fraction of sp³-hybridized carbons (Fsp3) is 0.700. The summed E-state index contributed by atoms with van der Waals surface area (Å²) in [5, 5.41) is 0. The highest BCUT2D eigenvalue weighted by Crippen LogP contribution is 2.33. The quantitative estimate of drug-likeness (QED) is 0.781. The largest absolute Gasteiger partial charge is 0.345 e. The zero-order valence-corrected chi connectivity index (χ0v) is 10.2. The number of hydrogen-bond donors (Lipinski definition) is 2. The molecule has 90 valence electrons. The highest BCUT2D eigenvalue weighted by atomic mass is 32.2. The van der Waals surface area contributed by atoms with Crippen LogP contribution in [-0.2, 0) is 21.7 Å². The lowest BCUT2D eigenvalue weighted by Crippen LogP contribution is -2.25. The Labute approximate surface area is 95.4 Å². The van der Waals surface area contributed by atoms with Crippen LogP contribution in [0.25, 0.3) is 0 Å². The van der Waals surface area contributed by atoms with E-state index < -0.39 is 9.84 Å². The summed E-state index contributed by atoms with van der Waals surface area (Å²) in [5.74, 6) is 1.23. The second kappa shape index (κ2) is 3.85. The van der Waals surface area contributed by atoms with Gasteiger partial charge in [0.15, 0.2) is 9.84 Å². The van der Waals surface area contributed by atoms with Crippen LogP contribution in [0.2, 0.25) is 0 Å². The summed E-state index contributed by atoms with van der Waals surface area (Å²) < 4.78 is 23.0. The molecule has 0 aromatic carbocycles. The molecule has 0 amide bonds. The maximum atomic E-state index is 11.5. The van der Waals surface area contributed by atoms with Crippen molar-refractivity contribution in [1.29, 1.82) is 0 Å². The number of H-pyrrole nitrogens is 1. The molecule has 1 aliphatic rings. The Kier molecular flexibility index (Phi) is 2.79. The Morgan fingerprint density at radius 1 is 1.62 bits per heavy atom. The summed E-state index contributed by atoms with van der Waals surface area (Å²) in [6, 6.07) is 0. The molecule has 0 radical (unpaired) electrons. The second-order valence-corrected chi connectivity index (χ2v) is 6.88. The Balaban J connectivity index is 2.23. The van der Waals surface area contributed by atoms with Crippen molar-refractivity contribution in [2.75, 3.05) is 18.1 Å². The van der Waals surface area contributed by atoms with Gasteiger partial charge in [-0.15, -0.1) is 0 Å². The number of nitrogens with two attached hydrogens (primary N) is 1. The summed E-state index contributed by atoms with van der Waals surface area (Å²) in [6.07, 6.45) is 3.14. The number of rotatable bonds is 3. The molecule has 1 aromatic heterocycles. The number of aromatic nitrogens is 2. The van der Waals surface area contributed by atoms with Crippen LogP contribution in [0.1, 0.15) is 24.9 Å². The van der Waals surface area contributed by atoms with Crippen molar-refractivity contribution in [3.05, 3.63) is 17.7 Å². The van der Waals surface area contributed by atoms with Gasteiger partial charge in [-0.25, -0.2) is 13.4 Å². The van der Waals surface area contributed by atoms with E-state index in [1.807, 2.05) is 6.92 Å². The molecule has 0 saturated carbocycles. The third kappa shape index (κ3) is 2.12. The molecule has 5 nitrogen and oxygen atoms in total. The summed E-state index contributed by atoms with van der Waals surface area (Å²) in [7, 11) is -2.89. The lowest BCUT2D eigenvalue weighted by molar-refractivity contribution is 0.505. The molecule has 1 saturated heterocycles. The Hall–Kier alpha value is -0.880. The number of hydrogen-bond acceptors (Lipinski definition) is 4. The fourth-order valence-electron chi connectivity index (χ4n) is 2.15. The maximum absolute atomic E-state index is 11.5. The van der Waals surface area contributed by atoms with Crippen LogP contribution in [0, 0.1) is 0 Å². The molecule has 2 rings (SSSR count). The van der Waals surface area contributed by atoms with Crippen molar-refractivity contribution in [2.45, 2.75) is 25.2 Å². The smallest absolute Gasteiger partial charge is 0.151 e. The first-order chi connectivity index (χ1) is 7.45. The van der Waals surface area contributed by atoms with Crippen molar-refractivity contribution < 1.29 is 8.42 Å². The van der Waals surface area contributed by atoms with Crippen LogP contribution >= 0.6 is 0 Å². The molecule has 6 heteroatoms. The van der Waals surface area contributed by atoms with E-state index in [1.54, 1.807) is 6.20 Å². The molecule has 1 unspecified atom stereocenters. The zero-order valence-electron chi connectivity index (χ0n) is 9.36. The molecule has 1 aromatic rings. The average molecular weight is 243 g/mol. The van der Waals surface area contributed by atoms with Crippen LogP contribution in [-0.4, -0.2) is 36.4 Å². The minimum atomic E-state index is -2.89. The van der Waals surface area contributed by atoms with Crippen LogP contribution in [0.4, 0.5) is 0 Å². The van der Waals surface area contributed by atoms with Gasteiger partial charge in [-0.3, -0.25) is 0 Å². The zero-order chi connectivity index (χ0) is 11.8. The van der Waals surface area contributed by atoms with Crippen molar-refractivity contribution >= 4 is 9.84 Å². The number of nitrogens with zero attached hydrogens (tertiary/aromatic N) is 1. The second-order valence-electron chi connectivity index (χ2n) is 4.70. The Morgan fingerprint density at radius 2 is 2.38 bits per heavy atom. The van der Waals surface area contributed by atoms with E-state index in [4.69, 9.17) is 5.73 Å². The predicted octanol–water partition coefficient (Wildman–Crippen LogP) is -0.0129. The molecule has 0 spiro atoms. The van der Waals surface area contributed by atoms with Crippen LogP contribution in [0.15, 0.2) is 6.20 Å². The predicted molar refractivity (Wildman–Crippen MR) is 62.0 cm³/mol. The molecule has 2 heterocycles. The normalized spacial score (nSPS) is 28.4. The van der Waals surface area contributed by atoms with Gasteiger partial charge in [-0.2, -0.15) is 0 Å².